The standard InChI is InChI=1S/C15H14N2O2/c18-14(10-12-4-2-1-3-5-12)11-17-15(19)13-6-8-16-9-7-13/h1-9H,10-11H2,(H,17,19). The molecule has 4 nitrogen and oxygen atoms in total. The molecule has 0 aliphatic heterocycles. The van der Waals surface area contributed by atoms with Crippen LogP contribution in [0.15, 0.2) is 54.9 Å². The third kappa shape index (κ3) is 4.03. The second kappa shape index (κ2) is 6.44. The Hall–Kier alpha value is -2.49. The van der Waals surface area contributed by atoms with E-state index in [-0.39, 0.29) is 18.2 Å². The molecule has 0 radical (unpaired) electrons. The van der Waals surface area contributed by atoms with Crippen molar-refractivity contribution in [2.45, 2.75) is 6.42 Å². The van der Waals surface area contributed by atoms with E-state index in [2.05, 4.69) is 10.3 Å². The molecular formula is C15H14N2O2. The molecule has 0 aliphatic carbocycles. The van der Waals surface area contributed by atoms with Crippen LogP contribution in [0.25, 0.3) is 0 Å². The van der Waals surface area contributed by atoms with Crippen LogP contribution in [-0.4, -0.2) is 23.2 Å². The van der Waals surface area contributed by atoms with E-state index in [1.54, 1.807) is 24.5 Å². The Labute approximate surface area is 111 Å². The quantitative estimate of drug-likeness (QED) is 0.882. The van der Waals surface area contributed by atoms with Crippen LogP contribution in [-0.2, 0) is 11.2 Å². The predicted octanol–water partition coefficient (Wildman–Crippen LogP) is 1.62. The molecule has 0 bridgehead atoms. The molecule has 0 spiro atoms. The van der Waals surface area contributed by atoms with Crippen molar-refractivity contribution >= 4 is 11.7 Å². The summed E-state index contributed by atoms with van der Waals surface area (Å²) in [7, 11) is 0. The summed E-state index contributed by atoms with van der Waals surface area (Å²) in [5, 5.41) is 2.60. The fraction of sp³-hybridized carbons (Fsp3) is 0.133. The van der Waals surface area contributed by atoms with Crippen molar-refractivity contribution in [2.75, 3.05) is 6.54 Å². The van der Waals surface area contributed by atoms with E-state index in [0.29, 0.717) is 12.0 Å². The van der Waals surface area contributed by atoms with Gasteiger partial charge in [0.05, 0.1) is 6.54 Å². The zero-order valence-corrected chi connectivity index (χ0v) is 10.4. The molecule has 1 aromatic heterocycles. The minimum atomic E-state index is -0.260. The average molecular weight is 254 g/mol. The highest BCUT2D eigenvalue weighted by Gasteiger charge is 2.08. The summed E-state index contributed by atoms with van der Waals surface area (Å²) in [6, 6.07) is 12.7. The summed E-state index contributed by atoms with van der Waals surface area (Å²) >= 11 is 0. The van der Waals surface area contributed by atoms with E-state index in [0.717, 1.165) is 5.56 Å². The number of benzene rings is 1. The highest BCUT2D eigenvalue weighted by atomic mass is 16.2. The maximum absolute atomic E-state index is 11.7. The predicted molar refractivity (Wildman–Crippen MR) is 71.7 cm³/mol. The van der Waals surface area contributed by atoms with Gasteiger partial charge in [0.2, 0.25) is 0 Å². The van der Waals surface area contributed by atoms with Gasteiger partial charge in [-0.25, -0.2) is 0 Å². The number of hydrogen-bond acceptors (Lipinski definition) is 3. The van der Waals surface area contributed by atoms with E-state index < -0.39 is 0 Å². The van der Waals surface area contributed by atoms with E-state index >= 15 is 0 Å². The second-order valence-corrected chi connectivity index (χ2v) is 4.12. The van der Waals surface area contributed by atoms with Gasteiger partial charge in [0.15, 0.2) is 5.78 Å². The van der Waals surface area contributed by atoms with Crippen molar-refractivity contribution < 1.29 is 9.59 Å². The van der Waals surface area contributed by atoms with Crippen molar-refractivity contribution in [3.8, 4) is 0 Å². The van der Waals surface area contributed by atoms with E-state index in [1.165, 1.54) is 0 Å². The summed E-state index contributed by atoms with van der Waals surface area (Å²) in [5.74, 6) is -0.280. The summed E-state index contributed by atoms with van der Waals surface area (Å²) in [5.41, 5.74) is 1.45. The molecule has 1 amide bonds. The lowest BCUT2D eigenvalue weighted by Crippen LogP contribution is -2.30. The molecule has 0 saturated carbocycles. The third-order valence-corrected chi connectivity index (χ3v) is 2.63. The monoisotopic (exact) mass is 254 g/mol. The van der Waals surface area contributed by atoms with Crippen molar-refractivity contribution in [2.24, 2.45) is 0 Å². The van der Waals surface area contributed by atoms with Crippen LogP contribution in [0.5, 0.6) is 0 Å². The largest absolute Gasteiger partial charge is 0.345 e. The summed E-state index contributed by atoms with van der Waals surface area (Å²) < 4.78 is 0. The Morgan fingerprint density at radius 1 is 1.00 bits per heavy atom. The summed E-state index contributed by atoms with van der Waals surface area (Å²) in [6.07, 6.45) is 3.42. The highest BCUT2D eigenvalue weighted by Crippen LogP contribution is 2.00. The van der Waals surface area contributed by atoms with E-state index in [1.807, 2.05) is 30.3 Å². The normalized spacial score (nSPS) is 9.89. The molecule has 19 heavy (non-hydrogen) atoms. The number of Topliss-reactive ketones (excluding diaryl/α,β-unsaturated/α-hetero) is 1. The lowest BCUT2D eigenvalue weighted by molar-refractivity contribution is -0.117. The number of aromatic nitrogens is 1. The van der Waals surface area contributed by atoms with Crippen LogP contribution >= 0.6 is 0 Å². The van der Waals surface area contributed by atoms with Gasteiger partial charge in [-0.2, -0.15) is 0 Å². The third-order valence-electron chi connectivity index (χ3n) is 2.63. The minimum Gasteiger partial charge on any atom is -0.345 e. The lowest BCUT2D eigenvalue weighted by Gasteiger charge is -2.04. The average Bonchev–Trinajstić information content (AvgIpc) is 2.47. The van der Waals surface area contributed by atoms with Crippen LogP contribution in [0.3, 0.4) is 0 Å². The smallest absolute Gasteiger partial charge is 0.251 e. The molecule has 1 N–H and O–H groups in total. The van der Waals surface area contributed by atoms with Crippen LogP contribution in [0, 0.1) is 0 Å². The Kier molecular flexibility index (Phi) is 4.39. The second-order valence-electron chi connectivity index (χ2n) is 4.12. The van der Waals surface area contributed by atoms with Crippen LogP contribution in [0.1, 0.15) is 15.9 Å². The van der Waals surface area contributed by atoms with Crippen molar-refractivity contribution in [1.29, 1.82) is 0 Å². The maximum Gasteiger partial charge on any atom is 0.251 e. The van der Waals surface area contributed by atoms with Gasteiger partial charge in [0.1, 0.15) is 0 Å². The molecule has 2 rings (SSSR count). The van der Waals surface area contributed by atoms with Crippen molar-refractivity contribution in [1.82, 2.24) is 10.3 Å². The number of rotatable bonds is 5. The Morgan fingerprint density at radius 3 is 2.37 bits per heavy atom. The molecule has 2 aromatic rings. The first kappa shape index (κ1) is 13.0. The SMILES string of the molecule is O=C(CNC(=O)c1ccncc1)Cc1ccccc1. The number of hydrogen-bond donors (Lipinski definition) is 1. The highest BCUT2D eigenvalue weighted by molar-refractivity contribution is 5.96. The number of ketones is 1. The molecule has 0 fully saturated rings. The molecular weight excluding hydrogens is 240 g/mol. The molecule has 4 heteroatoms. The number of pyridine rings is 1. The summed E-state index contributed by atoms with van der Waals surface area (Å²) in [4.78, 5) is 27.3. The molecule has 1 aromatic carbocycles. The fourth-order valence-electron chi connectivity index (χ4n) is 1.67. The van der Waals surface area contributed by atoms with E-state index in [4.69, 9.17) is 0 Å². The topological polar surface area (TPSA) is 59.1 Å². The zero-order valence-electron chi connectivity index (χ0n) is 10.4. The number of carbonyl (C=O) groups excluding carboxylic acids is 2. The molecule has 1 heterocycles. The first-order valence-electron chi connectivity index (χ1n) is 5.99. The zero-order chi connectivity index (χ0) is 13.5. The molecule has 0 atom stereocenters. The first-order valence-corrected chi connectivity index (χ1v) is 5.99. The van der Waals surface area contributed by atoms with Crippen LogP contribution in [0.2, 0.25) is 0 Å². The van der Waals surface area contributed by atoms with Gasteiger partial charge >= 0.3 is 0 Å². The van der Waals surface area contributed by atoms with Gasteiger partial charge in [-0.1, -0.05) is 30.3 Å². The number of nitrogens with zero attached hydrogens (tertiary/aromatic N) is 1. The van der Waals surface area contributed by atoms with Crippen molar-refractivity contribution in [3.05, 3.63) is 66.0 Å². The maximum atomic E-state index is 11.7. The molecule has 0 unspecified atom stereocenters. The lowest BCUT2D eigenvalue weighted by atomic mass is 10.1. The van der Waals surface area contributed by atoms with Crippen molar-refractivity contribution in [3.63, 3.8) is 0 Å². The van der Waals surface area contributed by atoms with Gasteiger partial charge in [0.25, 0.3) is 5.91 Å². The Balaban J connectivity index is 1.83. The van der Waals surface area contributed by atoms with Crippen LogP contribution in [0.4, 0.5) is 0 Å². The van der Waals surface area contributed by atoms with Gasteiger partial charge in [-0.3, -0.25) is 14.6 Å². The Bertz CT molecular complexity index is 553. The molecule has 0 aliphatic rings. The Morgan fingerprint density at radius 2 is 1.68 bits per heavy atom. The van der Waals surface area contributed by atoms with Gasteiger partial charge in [0, 0.05) is 24.4 Å². The van der Waals surface area contributed by atoms with Gasteiger partial charge < -0.3 is 5.32 Å². The van der Waals surface area contributed by atoms with E-state index in [9.17, 15) is 9.59 Å². The first-order chi connectivity index (χ1) is 9.25. The molecule has 0 saturated heterocycles. The minimum absolute atomic E-state index is 0.0198. The van der Waals surface area contributed by atoms with Gasteiger partial charge in [-0.05, 0) is 17.7 Å². The van der Waals surface area contributed by atoms with Gasteiger partial charge in [-0.15, -0.1) is 0 Å². The van der Waals surface area contributed by atoms with Crippen LogP contribution < -0.4 is 5.32 Å². The fourth-order valence-corrected chi connectivity index (χ4v) is 1.67. The number of amides is 1. The molecule has 96 valence electrons. The number of nitrogens with one attached hydrogen (secondary N) is 1. The summed E-state index contributed by atoms with van der Waals surface area (Å²) in [6.45, 7) is 0.0377. The number of carbonyl (C=O) groups is 2.